The van der Waals surface area contributed by atoms with Crippen molar-refractivity contribution in [2.45, 2.75) is 6.04 Å². The smallest absolute Gasteiger partial charge is 0.123 e. The largest absolute Gasteiger partial charge is 0.508 e. The highest BCUT2D eigenvalue weighted by Gasteiger charge is 2.18. The van der Waals surface area contributed by atoms with E-state index in [2.05, 4.69) is 15.3 Å². The normalized spacial score (nSPS) is 12.2. The summed E-state index contributed by atoms with van der Waals surface area (Å²) in [7, 11) is 0. The summed E-state index contributed by atoms with van der Waals surface area (Å²) >= 11 is 0. The maximum atomic E-state index is 13.8. The van der Waals surface area contributed by atoms with Crippen molar-refractivity contribution < 1.29 is 9.50 Å². The fraction of sp³-hybridized carbons (Fsp3) is 0.0500. The number of rotatable bonds is 4. The van der Waals surface area contributed by atoms with Crippen LogP contribution in [0.2, 0.25) is 0 Å². The van der Waals surface area contributed by atoms with Gasteiger partial charge in [-0.05, 0) is 60.2 Å². The first-order valence-electron chi connectivity index (χ1n) is 7.93. The van der Waals surface area contributed by atoms with E-state index in [-0.39, 0.29) is 17.6 Å². The molecule has 0 saturated carbocycles. The van der Waals surface area contributed by atoms with Crippen LogP contribution in [0.25, 0.3) is 10.9 Å². The number of anilines is 1. The second-order valence-corrected chi connectivity index (χ2v) is 5.84. The number of aromatic hydroxyl groups is 1. The van der Waals surface area contributed by atoms with Crippen LogP contribution >= 0.6 is 0 Å². The number of hydrogen-bond donors (Lipinski definition) is 3. The highest BCUT2D eigenvalue weighted by Crippen LogP contribution is 2.32. The molecule has 2 heterocycles. The van der Waals surface area contributed by atoms with E-state index < -0.39 is 0 Å². The van der Waals surface area contributed by atoms with Gasteiger partial charge in [-0.1, -0.05) is 0 Å². The fourth-order valence-electron chi connectivity index (χ4n) is 2.97. The van der Waals surface area contributed by atoms with Crippen LogP contribution < -0.4 is 5.32 Å². The van der Waals surface area contributed by atoms with E-state index in [9.17, 15) is 9.50 Å². The Kier molecular flexibility index (Phi) is 3.82. The van der Waals surface area contributed by atoms with Gasteiger partial charge >= 0.3 is 0 Å². The maximum absolute atomic E-state index is 13.8. The highest BCUT2D eigenvalue weighted by atomic mass is 19.1. The third-order valence-electron chi connectivity index (χ3n) is 4.20. The van der Waals surface area contributed by atoms with Crippen molar-refractivity contribution in [2.24, 2.45) is 0 Å². The molecule has 0 spiro atoms. The highest BCUT2D eigenvalue weighted by molar-refractivity contribution is 5.84. The number of pyridine rings is 1. The molecule has 4 rings (SSSR count). The van der Waals surface area contributed by atoms with E-state index in [1.807, 2.05) is 18.3 Å². The molecule has 0 radical (unpaired) electrons. The molecule has 0 bridgehead atoms. The van der Waals surface area contributed by atoms with Gasteiger partial charge in [0.15, 0.2) is 0 Å². The van der Waals surface area contributed by atoms with Crippen LogP contribution in [0.3, 0.4) is 0 Å². The van der Waals surface area contributed by atoms with Crippen molar-refractivity contribution >= 4 is 16.6 Å². The fourth-order valence-corrected chi connectivity index (χ4v) is 2.97. The van der Waals surface area contributed by atoms with E-state index in [0.717, 1.165) is 27.7 Å². The molecule has 0 fully saturated rings. The van der Waals surface area contributed by atoms with Crippen molar-refractivity contribution in [3.63, 3.8) is 0 Å². The lowest BCUT2D eigenvalue weighted by atomic mass is 9.98. The number of nitrogens with one attached hydrogen (secondary N) is 2. The van der Waals surface area contributed by atoms with Crippen LogP contribution in [0.4, 0.5) is 10.1 Å². The first-order valence-corrected chi connectivity index (χ1v) is 7.93. The molecule has 0 aliphatic carbocycles. The predicted octanol–water partition coefficient (Wildman–Crippen LogP) is 4.61. The quantitative estimate of drug-likeness (QED) is 0.478. The molecule has 2 aromatic carbocycles. The molecule has 0 aliphatic heterocycles. The Labute approximate surface area is 144 Å². The second kappa shape index (κ2) is 6.28. The van der Waals surface area contributed by atoms with Crippen molar-refractivity contribution in [2.75, 3.05) is 5.32 Å². The van der Waals surface area contributed by atoms with Gasteiger partial charge in [-0.2, -0.15) is 0 Å². The average molecular weight is 333 g/mol. The molecule has 0 saturated heterocycles. The number of fused-ring (bicyclic) bond motifs is 1. The summed E-state index contributed by atoms with van der Waals surface area (Å²) < 4.78 is 13.8. The molecule has 124 valence electrons. The molecule has 3 N–H and O–H groups in total. The zero-order valence-corrected chi connectivity index (χ0v) is 13.3. The lowest BCUT2D eigenvalue weighted by Crippen LogP contribution is -2.12. The number of phenols is 1. The second-order valence-electron chi connectivity index (χ2n) is 5.84. The first-order chi connectivity index (χ1) is 12.2. The van der Waals surface area contributed by atoms with Gasteiger partial charge in [-0.3, -0.25) is 4.98 Å². The summed E-state index contributed by atoms with van der Waals surface area (Å²) in [6, 6.07) is 15.2. The Morgan fingerprint density at radius 3 is 2.52 bits per heavy atom. The van der Waals surface area contributed by atoms with Crippen LogP contribution in [0.15, 0.2) is 73.2 Å². The maximum Gasteiger partial charge on any atom is 0.123 e. The Balaban J connectivity index is 1.82. The summed E-state index contributed by atoms with van der Waals surface area (Å²) in [6.07, 6.45) is 5.36. The van der Waals surface area contributed by atoms with Gasteiger partial charge in [-0.15, -0.1) is 0 Å². The number of hydrogen-bond acceptors (Lipinski definition) is 3. The molecule has 2 aromatic heterocycles. The van der Waals surface area contributed by atoms with Crippen LogP contribution in [0.1, 0.15) is 17.2 Å². The lowest BCUT2D eigenvalue weighted by molar-refractivity contribution is 0.475. The van der Waals surface area contributed by atoms with Crippen molar-refractivity contribution in [3.05, 3.63) is 90.1 Å². The predicted molar refractivity (Wildman–Crippen MR) is 96.1 cm³/mol. The Morgan fingerprint density at radius 2 is 1.76 bits per heavy atom. The summed E-state index contributed by atoms with van der Waals surface area (Å²) in [5.41, 5.74) is 3.68. The standard InChI is InChI=1S/C20H16FN3O/c21-14-1-6-19-17(11-14)18(12-23-19)20(13-7-9-22-10-8-13)24-15-2-4-16(25)5-3-15/h1-12,20,23-25H. The summed E-state index contributed by atoms with van der Waals surface area (Å²) in [5.74, 6) is -0.0633. The van der Waals surface area contributed by atoms with Crippen LogP contribution in [-0.2, 0) is 0 Å². The minimum Gasteiger partial charge on any atom is -0.508 e. The number of H-pyrrole nitrogens is 1. The third kappa shape index (κ3) is 3.04. The minimum absolute atomic E-state index is 0.192. The van der Waals surface area contributed by atoms with E-state index in [0.29, 0.717) is 0 Å². The molecule has 0 amide bonds. The summed E-state index contributed by atoms with van der Waals surface area (Å²) in [4.78, 5) is 7.27. The van der Waals surface area contributed by atoms with Gasteiger partial charge in [-0.25, -0.2) is 4.39 Å². The summed E-state index contributed by atoms with van der Waals surface area (Å²) in [5, 5.41) is 13.8. The van der Waals surface area contributed by atoms with Gasteiger partial charge in [0.25, 0.3) is 0 Å². The van der Waals surface area contributed by atoms with E-state index in [4.69, 9.17) is 0 Å². The van der Waals surface area contributed by atoms with E-state index in [1.165, 1.54) is 12.1 Å². The molecule has 4 aromatic rings. The molecular formula is C20H16FN3O. The number of halogens is 1. The van der Waals surface area contributed by atoms with E-state index >= 15 is 0 Å². The van der Waals surface area contributed by atoms with Crippen molar-refractivity contribution in [1.82, 2.24) is 9.97 Å². The Bertz CT molecular complexity index is 997. The van der Waals surface area contributed by atoms with Crippen LogP contribution in [-0.4, -0.2) is 15.1 Å². The van der Waals surface area contributed by atoms with Crippen molar-refractivity contribution in [1.29, 1.82) is 0 Å². The van der Waals surface area contributed by atoms with Gasteiger partial charge in [0, 0.05) is 40.7 Å². The molecule has 5 heteroatoms. The number of aromatic amines is 1. The first kappa shape index (κ1) is 15.2. The molecule has 25 heavy (non-hydrogen) atoms. The van der Waals surface area contributed by atoms with Crippen molar-refractivity contribution in [3.8, 4) is 5.75 Å². The number of nitrogens with zero attached hydrogens (tertiary/aromatic N) is 1. The number of aromatic nitrogens is 2. The van der Waals surface area contributed by atoms with Crippen LogP contribution in [0.5, 0.6) is 5.75 Å². The summed E-state index contributed by atoms with van der Waals surface area (Å²) in [6.45, 7) is 0. The lowest BCUT2D eigenvalue weighted by Gasteiger charge is -2.20. The van der Waals surface area contributed by atoms with E-state index in [1.54, 1.807) is 42.7 Å². The minimum atomic E-state index is -0.272. The Hall–Kier alpha value is -3.34. The monoisotopic (exact) mass is 333 g/mol. The third-order valence-corrected chi connectivity index (χ3v) is 4.20. The number of benzene rings is 2. The van der Waals surface area contributed by atoms with Gasteiger partial charge < -0.3 is 15.4 Å². The molecular weight excluding hydrogens is 317 g/mol. The Morgan fingerprint density at radius 1 is 1.00 bits per heavy atom. The molecule has 1 unspecified atom stereocenters. The average Bonchev–Trinajstić information content (AvgIpc) is 3.05. The zero-order chi connectivity index (χ0) is 17.2. The topological polar surface area (TPSA) is 60.9 Å². The number of phenolic OH excluding ortho intramolecular Hbond substituents is 1. The molecule has 4 nitrogen and oxygen atoms in total. The molecule has 1 atom stereocenters. The van der Waals surface area contributed by atoms with Crippen LogP contribution in [0, 0.1) is 5.82 Å². The van der Waals surface area contributed by atoms with Gasteiger partial charge in [0.2, 0.25) is 0 Å². The molecule has 0 aliphatic rings. The van der Waals surface area contributed by atoms with Gasteiger partial charge in [0.1, 0.15) is 11.6 Å². The zero-order valence-electron chi connectivity index (χ0n) is 13.3. The van der Waals surface area contributed by atoms with Gasteiger partial charge in [0.05, 0.1) is 6.04 Å². The SMILES string of the molecule is Oc1ccc(NC(c2ccncc2)c2c[nH]c3ccc(F)cc23)cc1.